The molecule has 0 N–H and O–H groups in total. The highest BCUT2D eigenvalue weighted by molar-refractivity contribution is 5.91. The summed E-state index contributed by atoms with van der Waals surface area (Å²) in [6.07, 6.45) is -5.33. The third-order valence-electron chi connectivity index (χ3n) is 6.39. The Morgan fingerprint density at radius 2 is 0.833 bits per heavy atom. The topological polar surface area (TPSA) is 114 Å². The van der Waals surface area contributed by atoms with Crippen molar-refractivity contribution in [2.75, 3.05) is 6.61 Å². The highest BCUT2D eigenvalue weighted by Crippen LogP contribution is 2.30. The van der Waals surface area contributed by atoms with Gasteiger partial charge in [0.2, 0.25) is 12.4 Å². The van der Waals surface area contributed by atoms with Gasteiger partial charge in [-0.15, -0.1) is 0 Å². The molecule has 212 valence electrons. The first-order chi connectivity index (χ1) is 20.5. The average molecular weight is 567 g/mol. The zero-order valence-electron chi connectivity index (χ0n) is 22.2. The number of rotatable bonds is 9. The van der Waals surface area contributed by atoms with Crippen LogP contribution < -0.4 is 0 Å². The summed E-state index contributed by atoms with van der Waals surface area (Å²) in [6.45, 7) is -0.390. The third-order valence-corrected chi connectivity index (χ3v) is 6.39. The molecular weight excluding hydrogens is 540 g/mol. The number of carbonyl (C=O) groups is 4. The molecule has 0 amide bonds. The summed E-state index contributed by atoms with van der Waals surface area (Å²) < 4.78 is 28.6. The Kier molecular flexibility index (Phi) is 9.00. The Hall–Kier alpha value is -5.28. The minimum Gasteiger partial charge on any atom is -0.459 e. The van der Waals surface area contributed by atoms with E-state index in [1.165, 1.54) is 0 Å². The maximum absolute atomic E-state index is 13.1. The molecule has 0 saturated carbocycles. The zero-order valence-corrected chi connectivity index (χ0v) is 22.2. The fourth-order valence-electron chi connectivity index (χ4n) is 4.28. The standard InChI is InChI=1S/C33H26O9/c34-29(22-13-5-1-6-14-22)38-21-26-27(40-30(35)23-15-7-2-8-16-23)28(41-31(36)24-17-9-3-10-18-24)33(39-26)42-32(37)25-19-11-4-12-20-25/h1-20,26-28,33H,21H2/t26-,27+,28+,33+/m0/s1. The molecule has 5 rings (SSSR count). The Bertz CT molecular complexity index is 1510. The predicted octanol–water partition coefficient (Wildman–Crippen LogP) is 4.88. The summed E-state index contributed by atoms with van der Waals surface area (Å²) in [5, 5.41) is 0. The average Bonchev–Trinajstić information content (AvgIpc) is 3.35. The molecule has 0 unspecified atom stereocenters. The molecule has 1 heterocycles. The fourth-order valence-corrected chi connectivity index (χ4v) is 4.28. The van der Waals surface area contributed by atoms with E-state index in [0.717, 1.165) is 0 Å². The molecule has 4 aromatic rings. The lowest BCUT2D eigenvalue weighted by Crippen LogP contribution is -2.42. The highest BCUT2D eigenvalue weighted by Gasteiger charge is 2.52. The molecule has 4 atom stereocenters. The molecule has 0 radical (unpaired) electrons. The Morgan fingerprint density at radius 1 is 0.476 bits per heavy atom. The van der Waals surface area contributed by atoms with Gasteiger partial charge < -0.3 is 23.7 Å². The minimum atomic E-state index is -1.49. The van der Waals surface area contributed by atoms with Gasteiger partial charge in [-0.25, -0.2) is 19.2 Å². The number of ether oxygens (including phenoxy) is 5. The van der Waals surface area contributed by atoms with E-state index in [9.17, 15) is 19.2 Å². The van der Waals surface area contributed by atoms with Gasteiger partial charge in [0.1, 0.15) is 12.7 Å². The largest absolute Gasteiger partial charge is 0.459 e. The van der Waals surface area contributed by atoms with Crippen LogP contribution in [0.2, 0.25) is 0 Å². The van der Waals surface area contributed by atoms with Gasteiger partial charge in [-0.05, 0) is 48.5 Å². The van der Waals surface area contributed by atoms with Crippen LogP contribution >= 0.6 is 0 Å². The van der Waals surface area contributed by atoms with Crippen LogP contribution in [0, 0.1) is 0 Å². The molecule has 0 aromatic heterocycles. The molecule has 0 bridgehead atoms. The number of carbonyl (C=O) groups excluding carboxylic acids is 4. The maximum Gasteiger partial charge on any atom is 0.340 e. The van der Waals surface area contributed by atoms with Crippen molar-refractivity contribution in [1.29, 1.82) is 0 Å². The monoisotopic (exact) mass is 566 g/mol. The Labute approximate surface area is 241 Å². The van der Waals surface area contributed by atoms with Crippen molar-refractivity contribution in [1.82, 2.24) is 0 Å². The van der Waals surface area contributed by atoms with E-state index in [4.69, 9.17) is 23.7 Å². The summed E-state index contributed by atoms with van der Waals surface area (Å²) >= 11 is 0. The second kappa shape index (κ2) is 13.4. The number of benzene rings is 4. The van der Waals surface area contributed by atoms with Gasteiger partial charge >= 0.3 is 23.9 Å². The van der Waals surface area contributed by atoms with Crippen LogP contribution in [-0.4, -0.2) is 55.1 Å². The summed E-state index contributed by atoms with van der Waals surface area (Å²) in [6, 6.07) is 32.8. The summed E-state index contributed by atoms with van der Waals surface area (Å²) in [4.78, 5) is 51.9. The van der Waals surface area contributed by atoms with Crippen LogP contribution in [0.3, 0.4) is 0 Å². The van der Waals surface area contributed by atoms with Crippen molar-refractivity contribution < 1.29 is 42.9 Å². The second-order valence-electron chi connectivity index (χ2n) is 9.25. The SMILES string of the molecule is O=C(OC[C@@H]1O[C@H](OC(=O)c2ccccc2)[C@H](OC(=O)c2ccccc2)[C@@H]1OC(=O)c1ccccc1)c1ccccc1. The summed E-state index contributed by atoms with van der Waals surface area (Å²) in [5.41, 5.74) is 0.978. The van der Waals surface area contributed by atoms with Crippen LogP contribution in [0.15, 0.2) is 121 Å². The number of hydrogen-bond acceptors (Lipinski definition) is 9. The van der Waals surface area contributed by atoms with E-state index in [0.29, 0.717) is 5.56 Å². The minimum absolute atomic E-state index is 0.220. The predicted molar refractivity (Wildman–Crippen MR) is 149 cm³/mol. The molecular formula is C33H26O9. The van der Waals surface area contributed by atoms with Gasteiger partial charge in [0.25, 0.3) is 0 Å². The van der Waals surface area contributed by atoms with E-state index < -0.39 is 48.5 Å². The van der Waals surface area contributed by atoms with E-state index in [1.54, 1.807) is 121 Å². The van der Waals surface area contributed by atoms with Crippen molar-refractivity contribution in [2.45, 2.75) is 24.6 Å². The van der Waals surface area contributed by atoms with Gasteiger partial charge in [-0.2, -0.15) is 0 Å². The van der Waals surface area contributed by atoms with E-state index in [1.807, 2.05) is 0 Å². The van der Waals surface area contributed by atoms with E-state index >= 15 is 0 Å². The third kappa shape index (κ3) is 6.89. The Balaban J connectivity index is 1.43. The Morgan fingerprint density at radius 3 is 1.26 bits per heavy atom. The maximum atomic E-state index is 13.1. The molecule has 1 saturated heterocycles. The molecule has 0 spiro atoms. The lowest BCUT2D eigenvalue weighted by molar-refractivity contribution is -0.141. The fraction of sp³-hybridized carbons (Fsp3) is 0.152. The van der Waals surface area contributed by atoms with Crippen molar-refractivity contribution in [2.24, 2.45) is 0 Å². The van der Waals surface area contributed by atoms with Crippen molar-refractivity contribution >= 4 is 23.9 Å². The first-order valence-corrected chi connectivity index (χ1v) is 13.2. The lowest BCUT2D eigenvalue weighted by atomic mass is 10.1. The van der Waals surface area contributed by atoms with Crippen molar-refractivity contribution in [3.8, 4) is 0 Å². The van der Waals surface area contributed by atoms with Gasteiger partial charge in [-0.3, -0.25) is 0 Å². The highest BCUT2D eigenvalue weighted by atomic mass is 16.8. The van der Waals surface area contributed by atoms with Gasteiger partial charge in [0.15, 0.2) is 6.10 Å². The molecule has 42 heavy (non-hydrogen) atoms. The normalized spacial score (nSPS) is 19.3. The molecule has 1 aliphatic heterocycles. The quantitative estimate of drug-likeness (QED) is 0.207. The lowest BCUT2D eigenvalue weighted by Gasteiger charge is -2.24. The van der Waals surface area contributed by atoms with Gasteiger partial charge in [0.05, 0.1) is 22.3 Å². The van der Waals surface area contributed by atoms with E-state index in [2.05, 4.69) is 0 Å². The summed E-state index contributed by atoms with van der Waals surface area (Å²) in [5.74, 6) is -2.89. The first-order valence-electron chi connectivity index (χ1n) is 13.2. The molecule has 9 nitrogen and oxygen atoms in total. The molecule has 1 fully saturated rings. The van der Waals surface area contributed by atoms with Crippen LogP contribution in [0.4, 0.5) is 0 Å². The number of hydrogen-bond donors (Lipinski definition) is 0. The van der Waals surface area contributed by atoms with Crippen LogP contribution in [0.25, 0.3) is 0 Å². The molecule has 4 aromatic carbocycles. The second-order valence-corrected chi connectivity index (χ2v) is 9.25. The number of esters is 4. The smallest absolute Gasteiger partial charge is 0.340 e. The summed E-state index contributed by atoms with van der Waals surface area (Å²) in [7, 11) is 0. The molecule has 0 aliphatic carbocycles. The van der Waals surface area contributed by atoms with Crippen LogP contribution in [-0.2, 0) is 23.7 Å². The van der Waals surface area contributed by atoms with Crippen molar-refractivity contribution in [3.63, 3.8) is 0 Å². The molecule has 1 aliphatic rings. The van der Waals surface area contributed by atoms with Gasteiger partial charge in [0, 0.05) is 0 Å². The molecule has 9 heteroatoms. The van der Waals surface area contributed by atoms with E-state index in [-0.39, 0.29) is 23.3 Å². The zero-order chi connectivity index (χ0) is 29.3. The van der Waals surface area contributed by atoms with Crippen LogP contribution in [0.1, 0.15) is 41.4 Å². The van der Waals surface area contributed by atoms with Gasteiger partial charge in [-0.1, -0.05) is 72.8 Å². The van der Waals surface area contributed by atoms with Crippen LogP contribution in [0.5, 0.6) is 0 Å². The van der Waals surface area contributed by atoms with Crippen molar-refractivity contribution in [3.05, 3.63) is 144 Å². The first kappa shape index (κ1) is 28.3.